The molecule has 1 amide bonds. The predicted octanol–water partition coefficient (Wildman–Crippen LogP) is 2.69. The predicted molar refractivity (Wildman–Crippen MR) is 76.4 cm³/mol. The Labute approximate surface area is 118 Å². The highest BCUT2D eigenvalue weighted by molar-refractivity contribution is 5.92. The second-order valence-corrected chi connectivity index (χ2v) is 5.35. The average Bonchev–Trinajstić information content (AvgIpc) is 2.84. The normalized spacial score (nSPS) is 18.3. The molecular weight excluding hydrogens is 259 g/mol. The van der Waals surface area contributed by atoms with Gasteiger partial charge in [0.2, 0.25) is 5.91 Å². The van der Waals surface area contributed by atoms with Crippen LogP contribution in [0.2, 0.25) is 0 Å². The van der Waals surface area contributed by atoms with Crippen molar-refractivity contribution >= 4 is 11.6 Å². The Morgan fingerprint density at radius 2 is 2.35 bits per heavy atom. The van der Waals surface area contributed by atoms with Gasteiger partial charge in [0.15, 0.2) is 0 Å². The molecule has 110 valence electrons. The van der Waals surface area contributed by atoms with Crippen LogP contribution in [0, 0.1) is 5.82 Å². The zero-order valence-corrected chi connectivity index (χ0v) is 11.9. The Hall–Kier alpha value is -1.62. The van der Waals surface area contributed by atoms with Crippen molar-refractivity contribution in [1.29, 1.82) is 0 Å². The molecule has 0 aromatic heterocycles. The summed E-state index contributed by atoms with van der Waals surface area (Å²) in [5.41, 5.74) is 0.390. The number of halogens is 1. The smallest absolute Gasteiger partial charge is 0.226 e. The molecule has 1 aromatic carbocycles. The van der Waals surface area contributed by atoms with E-state index in [0.717, 1.165) is 19.4 Å². The van der Waals surface area contributed by atoms with E-state index in [-0.39, 0.29) is 18.1 Å². The highest BCUT2D eigenvalue weighted by atomic mass is 19.1. The molecule has 1 aliphatic heterocycles. The fraction of sp³-hybridized carbons (Fsp3) is 0.533. The molecule has 1 unspecified atom stereocenters. The summed E-state index contributed by atoms with van der Waals surface area (Å²) in [5.74, 6) is -0.0202. The van der Waals surface area contributed by atoms with Gasteiger partial charge in [-0.05, 0) is 45.4 Å². The number of ether oxygens (including phenoxy) is 1. The fourth-order valence-electron chi connectivity index (χ4n) is 2.31. The van der Waals surface area contributed by atoms with Gasteiger partial charge in [0.05, 0.1) is 11.8 Å². The van der Waals surface area contributed by atoms with E-state index in [4.69, 9.17) is 4.74 Å². The number of benzene rings is 1. The summed E-state index contributed by atoms with van der Waals surface area (Å²) in [6.45, 7) is 4.73. The van der Waals surface area contributed by atoms with Gasteiger partial charge in [0, 0.05) is 18.5 Å². The number of amides is 1. The molecule has 1 atom stereocenters. The van der Waals surface area contributed by atoms with Gasteiger partial charge in [-0.25, -0.2) is 4.39 Å². The van der Waals surface area contributed by atoms with Gasteiger partial charge in [-0.1, -0.05) is 0 Å². The lowest BCUT2D eigenvalue weighted by Gasteiger charge is -2.16. The van der Waals surface area contributed by atoms with E-state index in [1.807, 2.05) is 13.8 Å². The Morgan fingerprint density at radius 3 is 3.00 bits per heavy atom. The van der Waals surface area contributed by atoms with E-state index in [2.05, 4.69) is 10.6 Å². The van der Waals surface area contributed by atoms with Gasteiger partial charge >= 0.3 is 0 Å². The number of rotatable bonds is 5. The molecule has 0 saturated carbocycles. The molecule has 20 heavy (non-hydrogen) atoms. The minimum absolute atomic E-state index is 0.0346. The molecule has 2 rings (SSSR count). The second kappa shape index (κ2) is 6.70. The first kappa shape index (κ1) is 14.8. The third-order valence-corrected chi connectivity index (χ3v) is 3.17. The lowest BCUT2D eigenvalue weighted by atomic mass is 10.1. The van der Waals surface area contributed by atoms with Crippen molar-refractivity contribution in [3.8, 4) is 5.75 Å². The first-order valence-electron chi connectivity index (χ1n) is 7.04. The van der Waals surface area contributed by atoms with Crippen LogP contribution in [0.15, 0.2) is 18.2 Å². The van der Waals surface area contributed by atoms with E-state index >= 15 is 0 Å². The Kier molecular flexibility index (Phi) is 4.95. The van der Waals surface area contributed by atoms with Crippen LogP contribution in [-0.2, 0) is 4.79 Å². The summed E-state index contributed by atoms with van der Waals surface area (Å²) >= 11 is 0. The second-order valence-electron chi connectivity index (χ2n) is 5.35. The standard InChI is InChI=1S/C15H21FN2O2/c1-10(2)20-14-6-5-11(16)8-13(14)18-15(19)9-12-4-3-7-17-12/h5-6,8,10,12,17H,3-4,7,9H2,1-2H3,(H,18,19). The van der Waals surface area contributed by atoms with Crippen molar-refractivity contribution in [2.24, 2.45) is 0 Å². The first-order valence-corrected chi connectivity index (χ1v) is 7.04. The minimum atomic E-state index is -0.393. The van der Waals surface area contributed by atoms with Crippen molar-refractivity contribution in [3.05, 3.63) is 24.0 Å². The van der Waals surface area contributed by atoms with Gasteiger partial charge in [0.25, 0.3) is 0 Å². The van der Waals surface area contributed by atoms with Gasteiger partial charge < -0.3 is 15.4 Å². The number of hydrogen-bond donors (Lipinski definition) is 2. The minimum Gasteiger partial charge on any atom is -0.489 e. The summed E-state index contributed by atoms with van der Waals surface area (Å²) in [6, 6.07) is 4.38. The highest BCUT2D eigenvalue weighted by Gasteiger charge is 2.18. The van der Waals surface area contributed by atoms with E-state index < -0.39 is 5.82 Å². The van der Waals surface area contributed by atoms with Crippen molar-refractivity contribution in [2.75, 3.05) is 11.9 Å². The number of nitrogens with one attached hydrogen (secondary N) is 2. The highest BCUT2D eigenvalue weighted by Crippen LogP contribution is 2.26. The van der Waals surface area contributed by atoms with Gasteiger partial charge in [-0.3, -0.25) is 4.79 Å². The third kappa shape index (κ3) is 4.20. The third-order valence-electron chi connectivity index (χ3n) is 3.17. The maximum atomic E-state index is 13.3. The zero-order chi connectivity index (χ0) is 14.5. The summed E-state index contributed by atoms with van der Waals surface area (Å²) in [4.78, 5) is 12.0. The van der Waals surface area contributed by atoms with Crippen LogP contribution in [0.5, 0.6) is 5.75 Å². The van der Waals surface area contributed by atoms with Gasteiger partial charge in [-0.15, -0.1) is 0 Å². The number of carbonyl (C=O) groups is 1. The molecule has 2 N–H and O–H groups in total. The molecule has 0 spiro atoms. The lowest BCUT2D eigenvalue weighted by molar-refractivity contribution is -0.116. The maximum Gasteiger partial charge on any atom is 0.226 e. The molecule has 1 aliphatic rings. The van der Waals surface area contributed by atoms with Crippen LogP contribution in [0.4, 0.5) is 10.1 Å². The largest absolute Gasteiger partial charge is 0.489 e. The monoisotopic (exact) mass is 280 g/mol. The van der Waals surface area contributed by atoms with Crippen LogP contribution >= 0.6 is 0 Å². The van der Waals surface area contributed by atoms with Gasteiger partial charge in [0.1, 0.15) is 11.6 Å². The van der Waals surface area contributed by atoms with E-state index in [1.54, 1.807) is 6.07 Å². The summed E-state index contributed by atoms with van der Waals surface area (Å²) in [6.07, 6.45) is 2.47. The zero-order valence-electron chi connectivity index (χ0n) is 11.9. The molecule has 1 fully saturated rings. The summed E-state index contributed by atoms with van der Waals surface area (Å²) < 4.78 is 18.9. The van der Waals surface area contributed by atoms with Gasteiger partial charge in [-0.2, -0.15) is 0 Å². The van der Waals surface area contributed by atoms with Crippen molar-refractivity contribution < 1.29 is 13.9 Å². The molecule has 5 heteroatoms. The van der Waals surface area contributed by atoms with Crippen LogP contribution in [-0.4, -0.2) is 24.6 Å². The molecule has 0 aliphatic carbocycles. The van der Waals surface area contributed by atoms with Crippen LogP contribution in [0.25, 0.3) is 0 Å². The topological polar surface area (TPSA) is 50.4 Å². The molecule has 1 saturated heterocycles. The van der Waals surface area contributed by atoms with E-state index in [0.29, 0.717) is 17.9 Å². The lowest BCUT2D eigenvalue weighted by Crippen LogP contribution is -2.27. The number of anilines is 1. The molecule has 4 nitrogen and oxygen atoms in total. The average molecular weight is 280 g/mol. The van der Waals surface area contributed by atoms with Crippen molar-refractivity contribution in [3.63, 3.8) is 0 Å². The van der Waals surface area contributed by atoms with E-state index in [1.165, 1.54) is 12.1 Å². The molecule has 1 aromatic rings. The number of carbonyl (C=O) groups excluding carboxylic acids is 1. The molecular formula is C15H21FN2O2. The maximum absolute atomic E-state index is 13.3. The number of hydrogen-bond acceptors (Lipinski definition) is 3. The Balaban J connectivity index is 2.02. The Bertz CT molecular complexity index is 471. The van der Waals surface area contributed by atoms with E-state index in [9.17, 15) is 9.18 Å². The molecule has 0 bridgehead atoms. The first-order chi connectivity index (χ1) is 9.54. The molecule has 0 radical (unpaired) electrons. The SMILES string of the molecule is CC(C)Oc1ccc(F)cc1NC(=O)CC1CCCN1. The summed E-state index contributed by atoms with van der Waals surface area (Å²) in [5, 5.41) is 6.01. The quantitative estimate of drug-likeness (QED) is 0.872. The Morgan fingerprint density at radius 1 is 1.55 bits per heavy atom. The van der Waals surface area contributed by atoms with Crippen molar-refractivity contribution in [1.82, 2.24) is 5.32 Å². The molecule has 1 heterocycles. The van der Waals surface area contributed by atoms with Crippen molar-refractivity contribution in [2.45, 2.75) is 45.3 Å². The fourth-order valence-corrected chi connectivity index (χ4v) is 2.31. The van der Waals surface area contributed by atoms with Crippen LogP contribution in [0.3, 0.4) is 0 Å². The van der Waals surface area contributed by atoms with Crippen LogP contribution in [0.1, 0.15) is 33.1 Å². The van der Waals surface area contributed by atoms with Crippen LogP contribution < -0.4 is 15.4 Å². The summed E-state index contributed by atoms with van der Waals surface area (Å²) in [7, 11) is 0.